The molecule has 0 saturated carbocycles. The second kappa shape index (κ2) is 8.77. The summed E-state index contributed by atoms with van der Waals surface area (Å²) in [5.41, 5.74) is 0.342. The lowest BCUT2D eigenvalue weighted by molar-refractivity contribution is -0.137. The van der Waals surface area contributed by atoms with Gasteiger partial charge in [-0.3, -0.25) is 14.2 Å². The summed E-state index contributed by atoms with van der Waals surface area (Å²) in [7, 11) is 0. The van der Waals surface area contributed by atoms with Crippen LogP contribution < -0.4 is 10.9 Å². The lowest BCUT2D eigenvalue weighted by atomic mass is 10.1. The van der Waals surface area contributed by atoms with Crippen LogP contribution in [0.4, 0.5) is 13.2 Å². The van der Waals surface area contributed by atoms with Gasteiger partial charge in [0.05, 0.1) is 22.8 Å². The van der Waals surface area contributed by atoms with Crippen LogP contribution >= 0.6 is 15.9 Å². The van der Waals surface area contributed by atoms with Crippen molar-refractivity contribution in [2.24, 2.45) is 0 Å². The lowest BCUT2D eigenvalue weighted by Crippen LogP contribution is -2.29. The molecule has 0 spiro atoms. The number of fused-ring (bicyclic) bond motifs is 1. The predicted molar refractivity (Wildman–Crippen MR) is 106 cm³/mol. The van der Waals surface area contributed by atoms with Gasteiger partial charge in [0.15, 0.2) is 0 Å². The molecule has 0 aliphatic carbocycles. The molecular weight excluding hydrogens is 451 g/mol. The SMILES string of the molecule is O=C(CCn1cnc2ccc(Br)cc2c1=O)NCCc1ccc(C(F)(F)F)cc1. The third-order valence-electron chi connectivity index (χ3n) is 4.38. The van der Waals surface area contributed by atoms with Crippen LogP contribution in [-0.4, -0.2) is 22.0 Å². The fraction of sp³-hybridized carbons (Fsp3) is 0.250. The molecule has 0 saturated heterocycles. The van der Waals surface area contributed by atoms with E-state index in [0.717, 1.165) is 16.6 Å². The lowest BCUT2D eigenvalue weighted by Gasteiger charge is -2.09. The minimum absolute atomic E-state index is 0.0914. The molecule has 1 amide bonds. The molecule has 1 N–H and O–H groups in total. The number of aryl methyl sites for hydroxylation is 1. The molecular formula is C20H17BrF3N3O2. The first-order chi connectivity index (χ1) is 13.7. The number of nitrogens with one attached hydrogen (secondary N) is 1. The van der Waals surface area contributed by atoms with Crippen molar-refractivity contribution < 1.29 is 18.0 Å². The zero-order chi connectivity index (χ0) is 21.0. The fourth-order valence-corrected chi connectivity index (χ4v) is 3.17. The minimum atomic E-state index is -4.36. The Labute approximate surface area is 172 Å². The van der Waals surface area contributed by atoms with Gasteiger partial charge in [-0.1, -0.05) is 28.1 Å². The maximum atomic E-state index is 12.5. The van der Waals surface area contributed by atoms with Gasteiger partial charge in [-0.05, 0) is 42.3 Å². The van der Waals surface area contributed by atoms with Gasteiger partial charge in [-0.2, -0.15) is 13.2 Å². The van der Waals surface area contributed by atoms with E-state index in [2.05, 4.69) is 26.2 Å². The molecule has 3 rings (SSSR count). The highest BCUT2D eigenvalue weighted by Crippen LogP contribution is 2.29. The number of halogens is 4. The van der Waals surface area contributed by atoms with E-state index in [1.165, 1.54) is 23.0 Å². The summed E-state index contributed by atoms with van der Waals surface area (Å²) in [6, 6.07) is 10.1. The summed E-state index contributed by atoms with van der Waals surface area (Å²) in [6.07, 6.45) is -2.45. The average molecular weight is 468 g/mol. The Bertz CT molecular complexity index is 1080. The maximum absolute atomic E-state index is 12.5. The monoisotopic (exact) mass is 467 g/mol. The Balaban J connectivity index is 1.51. The van der Waals surface area contributed by atoms with Crippen molar-refractivity contribution in [2.45, 2.75) is 25.6 Å². The standard InChI is InChI=1S/C20H17BrF3N3O2/c21-15-5-6-17-16(11-15)19(29)27(12-26-17)10-8-18(28)25-9-7-13-1-3-14(4-2-13)20(22,23)24/h1-6,11-12H,7-10H2,(H,25,28). The van der Waals surface area contributed by atoms with Crippen molar-refractivity contribution >= 4 is 32.7 Å². The number of rotatable bonds is 6. The zero-order valence-corrected chi connectivity index (χ0v) is 16.8. The first-order valence-corrected chi connectivity index (χ1v) is 9.61. The van der Waals surface area contributed by atoms with Gasteiger partial charge in [-0.25, -0.2) is 4.98 Å². The number of hydrogen-bond acceptors (Lipinski definition) is 3. The molecule has 152 valence electrons. The largest absolute Gasteiger partial charge is 0.416 e. The molecule has 0 radical (unpaired) electrons. The molecule has 0 fully saturated rings. The molecule has 0 atom stereocenters. The van der Waals surface area contributed by atoms with Crippen LogP contribution in [0.5, 0.6) is 0 Å². The number of nitrogens with zero attached hydrogens (tertiary/aromatic N) is 2. The van der Waals surface area contributed by atoms with Gasteiger partial charge in [0, 0.05) is 24.0 Å². The quantitative estimate of drug-likeness (QED) is 0.597. The number of alkyl halides is 3. The molecule has 0 unspecified atom stereocenters. The van der Waals surface area contributed by atoms with E-state index in [1.54, 1.807) is 18.2 Å². The van der Waals surface area contributed by atoms with Gasteiger partial charge in [0.25, 0.3) is 5.56 Å². The van der Waals surface area contributed by atoms with Crippen LogP contribution in [0.25, 0.3) is 10.9 Å². The number of amides is 1. The molecule has 0 aliphatic heterocycles. The summed E-state index contributed by atoms with van der Waals surface area (Å²) in [6.45, 7) is 0.475. The molecule has 1 heterocycles. The summed E-state index contributed by atoms with van der Waals surface area (Å²) < 4.78 is 39.8. The smallest absolute Gasteiger partial charge is 0.356 e. The molecule has 0 aliphatic rings. The van der Waals surface area contributed by atoms with Crippen LogP contribution in [0.3, 0.4) is 0 Å². The van der Waals surface area contributed by atoms with E-state index in [1.807, 2.05) is 0 Å². The highest BCUT2D eigenvalue weighted by atomic mass is 79.9. The van der Waals surface area contributed by atoms with Gasteiger partial charge in [-0.15, -0.1) is 0 Å². The highest BCUT2D eigenvalue weighted by molar-refractivity contribution is 9.10. The van der Waals surface area contributed by atoms with Crippen LogP contribution in [0.15, 0.2) is 58.1 Å². The Morgan fingerprint density at radius 1 is 1.14 bits per heavy atom. The third-order valence-corrected chi connectivity index (χ3v) is 4.88. The number of carbonyl (C=O) groups is 1. The zero-order valence-electron chi connectivity index (χ0n) is 15.2. The van der Waals surface area contributed by atoms with E-state index in [0.29, 0.717) is 29.4 Å². The molecule has 1 aromatic heterocycles. The molecule has 3 aromatic rings. The van der Waals surface area contributed by atoms with Crippen LogP contribution in [0.2, 0.25) is 0 Å². The first-order valence-electron chi connectivity index (χ1n) is 8.81. The minimum Gasteiger partial charge on any atom is -0.356 e. The Morgan fingerprint density at radius 2 is 1.86 bits per heavy atom. The van der Waals surface area contributed by atoms with Crippen molar-refractivity contribution in [3.05, 3.63) is 74.7 Å². The van der Waals surface area contributed by atoms with E-state index < -0.39 is 11.7 Å². The van der Waals surface area contributed by atoms with E-state index in [-0.39, 0.29) is 24.4 Å². The Kier molecular flexibility index (Phi) is 6.36. The number of carbonyl (C=O) groups excluding carboxylic acids is 1. The number of hydrogen-bond donors (Lipinski definition) is 1. The molecule has 5 nitrogen and oxygen atoms in total. The van der Waals surface area contributed by atoms with Crippen molar-refractivity contribution in [2.75, 3.05) is 6.54 Å². The van der Waals surface area contributed by atoms with E-state index in [4.69, 9.17) is 0 Å². The molecule has 0 bridgehead atoms. The second-order valence-electron chi connectivity index (χ2n) is 6.45. The second-order valence-corrected chi connectivity index (χ2v) is 7.36. The van der Waals surface area contributed by atoms with Crippen molar-refractivity contribution in [3.8, 4) is 0 Å². The van der Waals surface area contributed by atoms with Crippen molar-refractivity contribution in [1.29, 1.82) is 0 Å². The van der Waals surface area contributed by atoms with Crippen molar-refractivity contribution in [1.82, 2.24) is 14.9 Å². The van der Waals surface area contributed by atoms with Gasteiger partial charge < -0.3 is 5.32 Å². The summed E-state index contributed by atoms with van der Waals surface area (Å²) in [5.74, 6) is -0.252. The number of benzene rings is 2. The highest BCUT2D eigenvalue weighted by Gasteiger charge is 2.29. The Morgan fingerprint density at radius 3 is 2.55 bits per heavy atom. The van der Waals surface area contributed by atoms with E-state index >= 15 is 0 Å². The Hall–Kier alpha value is -2.68. The van der Waals surface area contributed by atoms with Gasteiger partial charge in [0.2, 0.25) is 5.91 Å². The third kappa shape index (κ3) is 5.44. The van der Waals surface area contributed by atoms with Crippen LogP contribution in [0, 0.1) is 0 Å². The first kappa shape index (κ1) is 21.0. The molecule has 2 aromatic carbocycles. The van der Waals surface area contributed by atoms with Gasteiger partial charge >= 0.3 is 6.18 Å². The fourth-order valence-electron chi connectivity index (χ4n) is 2.81. The van der Waals surface area contributed by atoms with Crippen molar-refractivity contribution in [3.63, 3.8) is 0 Å². The molecule has 29 heavy (non-hydrogen) atoms. The van der Waals surface area contributed by atoms with Crippen LogP contribution in [-0.2, 0) is 23.9 Å². The number of aromatic nitrogens is 2. The van der Waals surface area contributed by atoms with E-state index in [9.17, 15) is 22.8 Å². The maximum Gasteiger partial charge on any atom is 0.416 e. The average Bonchev–Trinajstić information content (AvgIpc) is 2.67. The van der Waals surface area contributed by atoms with Crippen LogP contribution in [0.1, 0.15) is 17.5 Å². The topological polar surface area (TPSA) is 64.0 Å². The summed E-state index contributed by atoms with van der Waals surface area (Å²) in [5, 5.41) is 3.17. The molecule has 9 heteroatoms. The summed E-state index contributed by atoms with van der Waals surface area (Å²) >= 11 is 3.32. The predicted octanol–water partition coefficient (Wildman–Crippen LogP) is 3.93. The summed E-state index contributed by atoms with van der Waals surface area (Å²) in [4.78, 5) is 28.7. The van der Waals surface area contributed by atoms with Gasteiger partial charge in [0.1, 0.15) is 0 Å². The normalized spacial score (nSPS) is 11.6.